The number of hydrogen-bond donors (Lipinski definition) is 1. The molecule has 0 unspecified atom stereocenters. The summed E-state index contributed by atoms with van der Waals surface area (Å²) in [7, 11) is 0. The number of amides is 1. The molecule has 0 aromatic carbocycles. The molecule has 0 atom stereocenters. The smallest absolute Gasteiger partial charge is 0.413 e. The number of pyridine rings is 1. The average molecular weight is 207 g/mol. The van der Waals surface area contributed by atoms with Gasteiger partial charge in [0.25, 0.3) is 0 Å². The standard InChI is InChI=1S/C11H15N2O2/c1-8-5-6-9(12-7-8)13-10(14)15-11(2,3)4/h5-7H,1H2,2-4H3,(H,12,13,14). The summed E-state index contributed by atoms with van der Waals surface area (Å²) >= 11 is 0. The predicted octanol–water partition coefficient (Wildman–Crippen LogP) is 2.61. The Kier molecular flexibility index (Phi) is 3.29. The van der Waals surface area contributed by atoms with E-state index in [1.165, 1.54) is 0 Å². The van der Waals surface area contributed by atoms with E-state index >= 15 is 0 Å². The molecule has 0 saturated heterocycles. The lowest BCUT2D eigenvalue weighted by molar-refractivity contribution is 0.0635. The molecule has 1 aromatic heterocycles. The number of nitrogens with one attached hydrogen (secondary N) is 1. The summed E-state index contributed by atoms with van der Waals surface area (Å²) in [4.78, 5) is 15.3. The summed E-state index contributed by atoms with van der Waals surface area (Å²) in [6.45, 7) is 9.11. The first kappa shape index (κ1) is 11.5. The van der Waals surface area contributed by atoms with Crippen molar-refractivity contribution in [2.75, 3.05) is 5.32 Å². The number of carbonyl (C=O) groups is 1. The van der Waals surface area contributed by atoms with Crippen LogP contribution in [-0.4, -0.2) is 16.7 Å². The van der Waals surface area contributed by atoms with Crippen LogP contribution in [-0.2, 0) is 4.74 Å². The summed E-state index contributed by atoms with van der Waals surface area (Å²) in [6.07, 6.45) is 1.07. The van der Waals surface area contributed by atoms with Crippen molar-refractivity contribution in [2.24, 2.45) is 0 Å². The van der Waals surface area contributed by atoms with Crippen molar-refractivity contribution >= 4 is 11.9 Å². The van der Waals surface area contributed by atoms with Gasteiger partial charge in [-0.2, -0.15) is 0 Å². The second kappa shape index (κ2) is 4.29. The first-order valence-electron chi connectivity index (χ1n) is 4.65. The van der Waals surface area contributed by atoms with Gasteiger partial charge in [0.2, 0.25) is 0 Å². The van der Waals surface area contributed by atoms with E-state index in [1.807, 2.05) is 0 Å². The van der Waals surface area contributed by atoms with Crippen LogP contribution in [0.3, 0.4) is 0 Å². The topological polar surface area (TPSA) is 51.2 Å². The van der Waals surface area contributed by atoms with E-state index in [-0.39, 0.29) is 0 Å². The summed E-state index contributed by atoms with van der Waals surface area (Å²) < 4.78 is 5.07. The highest BCUT2D eigenvalue weighted by Crippen LogP contribution is 2.10. The lowest BCUT2D eigenvalue weighted by Crippen LogP contribution is -2.27. The molecule has 1 heterocycles. The number of rotatable bonds is 1. The molecule has 1 rings (SSSR count). The molecule has 0 aliphatic rings. The van der Waals surface area contributed by atoms with Crippen LogP contribution in [0, 0.1) is 6.92 Å². The monoisotopic (exact) mass is 207 g/mol. The molecule has 1 N–H and O–H groups in total. The van der Waals surface area contributed by atoms with Gasteiger partial charge in [-0.1, -0.05) is 6.07 Å². The van der Waals surface area contributed by atoms with Gasteiger partial charge >= 0.3 is 6.09 Å². The minimum absolute atomic E-state index is 0.455. The van der Waals surface area contributed by atoms with E-state index in [9.17, 15) is 4.79 Å². The number of carbonyl (C=O) groups excluding carboxylic acids is 1. The van der Waals surface area contributed by atoms with Crippen LogP contribution in [0.15, 0.2) is 18.3 Å². The molecule has 0 aliphatic heterocycles. The van der Waals surface area contributed by atoms with Gasteiger partial charge in [0.1, 0.15) is 11.4 Å². The van der Waals surface area contributed by atoms with Gasteiger partial charge in [0.05, 0.1) is 0 Å². The third-order valence-corrected chi connectivity index (χ3v) is 1.45. The minimum atomic E-state index is -0.508. The van der Waals surface area contributed by atoms with Gasteiger partial charge in [0.15, 0.2) is 0 Å². The Labute approximate surface area is 89.7 Å². The number of ether oxygens (including phenoxy) is 1. The number of aromatic nitrogens is 1. The van der Waals surface area contributed by atoms with Crippen LogP contribution >= 0.6 is 0 Å². The zero-order valence-electron chi connectivity index (χ0n) is 9.20. The van der Waals surface area contributed by atoms with Gasteiger partial charge in [-0.25, -0.2) is 9.78 Å². The molecule has 0 fully saturated rings. The third kappa shape index (κ3) is 4.44. The molecule has 0 aliphatic carbocycles. The first-order chi connectivity index (χ1) is 6.87. The lowest BCUT2D eigenvalue weighted by atomic mass is 10.2. The average Bonchev–Trinajstić information content (AvgIpc) is 2.05. The molecule has 0 saturated carbocycles. The van der Waals surface area contributed by atoms with E-state index in [2.05, 4.69) is 17.2 Å². The maximum Gasteiger partial charge on any atom is 0.413 e. The fourth-order valence-electron chi connectivity index (χ4n) is 0.907. The normalized spacial score (nSPS) is 10.9. The van der Waals surface area contributed by atoms with Gasteiger partial charge in [-0.15, -0.1) is 0 Å². The lowest BCUT2D eigenvalue weighted by Gasteiger charge is -2.19. The maximum atomic E-state index is 11.3. The Balaban J connectivity index is 2.55. The molecule has 81 valence electrons. The molecule has 4 heteroatoms. The molecule has 15 heavy (non-hydrogen) atoms. The molecule has 1 amide bonds. The largest absolute Gasteiger partial charge is 0.444 e. The van der Waals surface area contributed by atoms with Crippen molar-refractivity contribution in [3.8, 4) is 0 Å². The van der Waals surface area contributed by atoms with Crippen LogP contribution in [0.5, 0.6) is 0 Å². The van der Waals surface area contributed by atoms with Crippen molar-refractivity contribution in [1.29, 1.82) is 0 Å². The van der Waals surface area contributed by atoms with E-state index in [0.717, 1.165) is 5.56 Å². The third-order valence-electron chi connectivity index (χ3n) is 1.45. The molecule has 0 bridgehead atoms. The Morgan fingerprint density at radius 1 is 1.47 bits per heavy atom. The second-order valence-corrected chi connectivity index (χ2v) is 4.18. The Morgan fingerprint density at radius 2 is 2.13 bits per heavy atom. The second-order valence-electron chi connectivity index (χ2n) is 4.18. The van der Waals surface area contributed by atoms with Crippen LogP contribution in [0.1, 0.15) is 26.3 Å². The van der Waals surface area contributed by atoms with Crippen molar-refractivity contribution in [1.82, 2.24) is 4.98 Å². The molecular formula is C11H15N2O2. The summed E-state index contributed by atoms with van der Waals surface area (Å²) in [5.41, 5.74) is 0.292. The van der Waals surface area contributed by atoms with Gasteiger partial charge in [0, 0.05) is 6.20 Å². The molecule has 1 aromatic rings. The fourth-order valence-corrected chi connectivity index (χ4v) is 0.907. The predicted molar refractivity (Wildman–Crippen MR) is 58.6 cm³/mol. The Bertz CT molecular complexity index is 339. The highest BCUT2D eigenvalue weighted by molar-refractivity contribution is 5.83. The highest BCUT2D eigenvalue weighted by Gasteiger charge is 2.16. The Morgan fingerprint density at radius 3 is 2.60 bits per heavy atom. The maximum absolute atomic E-state index is 11.3. The zero-order chi connectivity index (χ0) is 11.5. The Hall–Kier alpha value is -1.58. The van der Waals surface area contributed by atoms with Crippen molar-refractivity contribution in [3.05, 3.63) is 30.8 Å². The summed E-state index contributed by atoms with van der Waals surface area (Å²) in [5, 5.41) is 2.53. The van der Waals surface area contributed by atoms with Crippen LogP contribution in [0.25, 0.3) is 0 Å². The van der Waals surface area contributed by atoms with Gasteiger partial charge < -0.3 is 4.74 Å². The number of anilines is 1. The summed E-state index contributed by atoms with van der Waals surface area (Å²) in [5.74, 6) is 0.455. The van der Waals surface area contributed by atoms with Gasteiger partial charge in [-0.3, -0.25) is 5.32 Å². The summed E-state index contributed by atoms with van der Waals surface area (Å²) in [6, 6.07) is 3.44. The fraction of sp³-hybridized carbons (Fsp3) is 0.364. The van der Waals surface area contributed by atoms with Gasteiger partial charge in [-0.05, 0) is 39.3 Å². The molecule has 0 spiro atoms. The van der Waals surface area contributed by atoms with E-state index in [4.69, 9.17) is 4.74 Å². The zero-order valence-corrected chi connectivity index (χ0v) is 9.20. The minimum Gasteiger partial charge on any atom is -0.444 e. The van der Waals surface area contributed by atoms with Crippen LogP contribution in [0.2, 0.25) is 0 Å². The van der Waals surface area contributed by atoms with Crippen LogP contribution < -0.4 is 5.32 Å². The van der Waals surface area contributed by atoms with E-state index in [0.29, 0.717) is 5.82 Å². The molecule has 1 radical (unpaired) electrons. The first-order valence-corrected chi connectivity index (χ1v) is 4.65. The molecular weight excluding hydrogens is 192 g/mol. The number of hydrogen-bond acceptors (Lipinski definition) is 3. The van der Waals surface area contributed by atoms with E-state index in [1.54, 1.807) is 39.1 Å². The highest BCUT2D eigenvalue weighted by atomic mass is 16.6. The SMILES string of the molecule is [CH2]c1ccc(NC(=O)OC(C)(C)C)nc1. The number of nitrogens with zero attached hydrogens (tertiary/aromatic N) is 1. The van der Waals surface area contributed by atoms with Crippen LogP contribution in [0.4, 0.5) is 10.6 Å². The van der Waals surface area contributed by atoms with E-state index < -0.39 is 11.7 Å². The van der Waals surface area contributed by atoms with Crippen molar-refractivity contribution in [3.63, 3.8) is 0 Å². The quantitative estimate of drug-likeness (QED) is 0.770. The van der Waals surface area contributed by atoms with Crippen molar-refractivity contribution in [2.45, 2.75) is 26.4 Å². The molecule has 4 nitrogen and oxygen atoms in total. The van der Waals surface area contributed by atoms with Crippen molar-refractivity contribution < 1.29 is 9.53 Å².